The molecule has 1 aromatic carbocycles. The van der Waals surface area contributed by atoms with Gasteiger partial charge in [-0.25, -0.2) is 0 Å². The number of alkyl halides is 1. The quantitative estimate of drug-likeness (QED) is 0.122. The van der Waals surface area contributed by atoms with Gasteiger partial charge in [-0.1, -0.05) is 41.9 Å². The Bertz CT molecular complexity index is 1160. The van der Waals surface area contributed by atoms with E-state index in [0.717, 1.165) is 19.3 Å². The molecule has 3 fully saturated rings. The maximum Gasteiger partial charge on any atom is 0.310 e. The van der Waals surface area contributed by atoms with Gasteiger partial charge in [0.05, 0.1) is 42.9 Å². The number of ether oxygens (including phenoxy) is 2. The molecule has 0 saturated carbocycles. The summed E-state index contributed by atoms with van der Waals surface area (Å²) in [5.74, 6) is -1.42. The van der Waals surface area contributed by atoms with Crippen LogP contribution in [-0.4, -0.2) is 81.6 Å². The number of anilines is 1. The van der Waals surface area contributed by atoms with Crippen LogP contribution < -0.4 is 9.64 Å². The predicted octanol–water partition coefficient (Wildman–Crippen LogP) is 4.99. The van der Waals surface area contributed by atoms with E-state index in [4.69, 9.17) is 9.47 Å². The molecule has 10 heteroatoms. The first-order valence-corrected chi connectivity index (χ1v) is 16.5. The number of fused-ring (bicyclic) bond motifs is 1. The largest absolute Gasteiger partial charge is 0.497 e. The third-order valence-corrected chi connectivity index (χ3v) is 11.8. The van der Waals surface area contributed by atoms with Gasteiger partial charge in [-0.05, 0) is 62.3 Å². The van der Waals surface area contributed by atoms with E-state index in [1.807, 2.05) is 32.1 Å². The molecule has 4 rings (SSSR count). The molecule has 3 aliphatic heterocycles. The van der Waals surface area contributed by atoms with Crippen LogP contribution in [0.4, 0.5) is 5.69 Å². The van der Waals surface area contributed by atoms with Gasteiger partial charge in [0, 0.05) is 22.3 Å². The monoisotopic (exact) mass is 662 g/mol. The lowest BCUT2D eigenvalue weighted by Gasteiger charge is -2.40. The van der Waals surface area contributed by atoms with Crippen LogP contribution in [0.2, 0.25) is 0 Å². The van der Waals surface area contributed by atoms with Crippen molar-refractivity contribution in [3.63, 3.8) is 0 Å². The number of unbranched alkanes of at least 4 members (excludes halogenated alkanes) is 2. The van der Waals surface area contributed by atoms with E-state index in [2.05, 4.69) is 29.1 Å². The van der Waals surface area contributed by atoms with Crippen LogP contribution in [0.25, 0.3) is 0 Å². The van der Waals surface area contributed by atoms with Gasteiger partial charge in [-0.15, -0.1) is 24.9 Å². The van der Waals surface area contributed by atoms with Gasteiger partial charge in [-0.3, -0.25) is 14.4 Å². The van der Waals surface area contributed by atoms with Crippen LogP contribution in [0.3, 0.4) is 0 Å². The Balaban J connectivity index is 1.75. The van der Waals surface area contributed by atoms with Crippen molar-refractivity contribution in [2.75, 3.05) is 31.8 Å². The molecule has 1 N–H and O–H groups in total. The highest BCUT2D eigenvalue weighted by Gasteiger charge is 2.76. The second-order valence-electron chi connectivity index (χ2n) is 11.8. The summed E-state index contributed by atoms with van der Waals surface area (Å²) in [7, 11) is 1.58. The molecule has 42 heavy (non-hydrogen) atoms. The summed E-state index contributed by atoms with van der Waals surface area (Å²) in [6.07, 6.45) is 7.02. The third-order valence-electron chi connectivity index (χ3n) is 8.59. The first-order valence-electron chi connectivity index (χ1n) is 14.7. The maximum absolute atomic E-state index is 14.8. The molecule has 0 aromatic heterocycles. The molecule has 2 amide bonds. The number of carbonyl (C=O) groups is 3. The number of carbonyl (C=O) groups excluding carboxylic acids is 3. The van der Waals surface area contributed by atoms with Crippen LogP contribution in [0.5, 0.6) is 5.75 Å². The minimum atomic E-state index is -0.867. The van der Waals surface area contributed by atoms with E-state index in [1.54, 1.807) is 46.9 Å². The normalized spacial score (nSPS) is 28.5. The molecule has 1 spiro atoms. The summed E-state index contributed by atoms with van der Waals surface area (Å²) >= 11 is 5.37. The van der Waals surface area contributed by atoms with Gasteiger partial charge >= 0.3 is 5.97 Å². The van der Waals surface area contributed by atoms with Crippen LogP contribution in [-0.2, 0) is 19.1 Å². The summed E-state index contributed by atoms with van der Waals surface area (Å²) in [6.45, 7) is 11.9. The fourth-order valence-corrected chi connectivity index (χ4v) is 10.4. The summed E-state index contributed by atoms with van der Waals surface area (Å²) < 4.78 is 10.2. The molecule has 2 bridgehead atoms. The highest BCUT2D eigenvalue weighted by atomic mass is 79.9. The zero-order chi connectivity index (χ0) is 30.6. The Morgan fingerprint density at radius 3 is 2.55 bits per heavy atom. The number of methoxy groups -OCH3 is 1. The van der Waals surface area contributed by atoms with Gasteiger partial charge < -0.3 is 24.4 Å². The minimum absolute atomic E-state index is 0.0633. The van der Waals surface area contributed by atoms with Gasteiger partial charge in [0.2, 0.25) is 5.91 Å². The molecule has 1 aromatic rings. The number of esters is 1. The summed E-state index contributed by atoms with van der Waals surface area (Å²) in [5, 5.41) is 10.4. The van der Waals surface area contributed by atoms with Crippen LogP contribution in [0.1, 0.15) is 46.0 Å². The predicted molar refractivity (Wildman–Crippen MR) is 170 cm³/mol. The molecule has 3 unspecified atom stereocenters. The molecule has 0 aliphatic carbocycles. The fraction of sp³-hybridized carbons (Fsp3) is 0.594. The standard InChI is InChI=1S/C32H43BrN2O6S/c1-6-8-9-10-16-41-31(39)25-26-29(37)35(22(19-36)17-20(3)4)28(32(26)18-24(33)27(25)42-32)30(38)34(15-7-2)21-11-13-23(40-5)14-12-21/h6-7,11-14,20,22,24-28,36H,1-2,8-10,15-19H2,3-5H3/t22-,24?,25-,26+,27-,28?,32?/m1/s1. The Kier molecular flexibility index (Phi) is 10.9. The lowest BCUT2D eigenvalue weighted by atomic mass is 9.71. The SMILES string of the molecule is C=CCCCCOC(=O)[C@H]1[C@@H]2SC3(CC2Br)C(C(=O)N(CC=C)c2ccc(OC)cc2)N([C@@H](CO)CC(C)C)C(=O)[C@H]13. The summed E-state index contributed by atoms with van der Waals surface area (Å²) in [4.78, 5) is 46.0. The number of benzene rings is 1. The van der Waals surface area contributed by atoms with Crippen molar-refractivity contribution in [3.8, 4) is 5.75 Å². The van der Waals surface area contributed by atoms with Crippen LogP contribution in [0.15, 0.2) is 49.6 Å². The van der Waals surface area contributed by atoms with E-state index in [1.165, 1.54) is 0 Å². The van der Waals surface area contributed by atoms with Gasteiger partial charge in [0.1, 0.15) is 11.8 Å². The lowest BCUT2D eigenvalue weighted by molar-refractivity contribution is -0.154. The number of aliphatic hydroxyl groups excluding tert-OH is 1. The van der Waals surface area contributed by atoms with E-state index >= 15 is 0 Å². The topological polar surface area (TPSA) is 96.4 Å². The lowest BCUT2D eigenvalue weighted by Crippen LogP contribution is -2.58. The minimum Gasteiger partial charge on any atom is -0.497 e. The van der Waals surface area contributed by atoms with Crippen molar-refractivity contribution >= 4 is 51.2 Å². The van der Waals surface area contributed by atoms with E-state index < -0.39 is 28.7 Å². The summed E-state index contributed by atoms with van der Waals surface area (Å²) in [6, 6.07) is 5.78. The Labute approximate surface area is 262 Å². The molecular formula is C32H43BrN2O6S. The fourth-order valence-electron chi connectivity index (χ4n) is 6.85. The van der Waals surface area contributed by atoms with Crippen molar-refractivity contribution < 1.29 is 29.0 Å². The van der Waals surface area contributed by atoms with Crippen LogP contribution >= 0.6 is 27.7 Å². The van der Waals surface area contributed by atoms with Crippen molar-refractivity contribution in [1.82, 2.24) is 4.90 Å². The second kappa shape index (κ2) is 14.0. The number of hydrogen-bond acceptors (Lipinski definition) is 7. The molecule has 0 radical (unpaired) electrons. The molecule has 230 valence electrons. The number of rotatable bonds is 15. The molecule has 7 atom stereocenters. The van der Waals surface area contributed by atoms with E-state index in [9.17, 15) is 19.5 Å². The Morgan fingerprint density at radius 1 is 1.24 bits per heavy atom. The average molecular weight is 664 g/mol. The average Bonchev–Trinajstić information content (AvgIpc) is 3.57. The van der Waals surface area contributed by atoms with Crippen molar-refractivity contribution in [2.45, 2.75) is 72.9 Å². The van der Waals surface area contributed by atoms with E-state index in [-0.39, 0.29) is 53.5 Å². The van der Waals surface area contributed by atoms with Gasteiger partial charge in [0.25, 0.3) is 5.91 Å². The number of likely N-dealkylation sites (tertiary alicyclic amines) is 1. The van der Waals surface area contributed by atoms with Crippen LogP contribution in [0, 0.1) is 17.8 Å². The Hall–Kier alpha value is -2.30. The van der Waals surface area contributed by atoms with Gasteiger partial charge in [-0.2, -0.15) is 0 Å². The number of nitrogens with zero attached hydrogens (tertiary/aromatic N) is 2. The number of allylic oxidation sites excluding steroid dienone is 1. The maximum atomic E-state index is 14.8. The van der Waals surface area contributed by atoms with Crippen molar-refractivity contribution in [3.05, 3.63) is 49.6 Å². The zero-order valence-electron chi connectivity index (χ0n) is 24.7. The first kappa shape index (κ1) is 32.6. The second-order valence-corrected chi connectivity index (χ2v) is 14.5. The van der Waals surface area contributed by atoms with Gasteiger partial charge in [0.15, 0.2) is 0 Å². The number of thioether (sulfide) groups is 1. The molecule has 3 aliphatic rings. The van der Waals surface area contributed by atoms with Crippen molar-refractivity contribution in [2.24, 2.45) is 17.8 Å². The highest BCUT2D eigenvalue weighted by Crippen LogP contribution is 2.68. The summed E-state index contributed by atoms with van der Waals surface area (Å²) in [5.41, 5.74) is 0.653. The number of aliphatic hydroxyl groups is 1. The number of amides is 2. The molecule has 3 saturated heterocycles. The number of hydrogen-bond donors (Lipinski definition) is 1. The smallest absolute Gasteiger partial charge is 0.310 e. The Morgan fingerprint density at radius 2 is 1.95 bits per heavy atom. The zero-order valence-corrected chi connectivity index (χ0v) is 27.1. The highest BCUT2D eigenvalue weighted by molar-refractivity contribution is 9.09. The molecular weight excluding hydrogens is 620 g/mol. The van der Waals surface area contributed by atoms with E-state index in [0.29, 0.717) is 24.3 Å². The molecule has 3 heterocycles. The molecule has 8 nitrogen and oxygen atoms in total. The number of halogens is 1. The third kappa shape index (κ3) is 6.04. The van der Waals surface area contributed by atoms with Crippen molar-refractivity contribution in [1.29, 1.82) is 0 Å². The first-order chi connectivity index (χ1) is 20.1.